The van der Waals surface area contributed by atoms with Gasteiger partial charge in [-0.1, -0.05) is 35.3 Å². The number of hydrogen-bond donors (Lipinski definition) is 1. The lowest BCUT2D eigenvalue weighted by Gasteiger charge is -2.07. The van der Waals surface area contributed by atoms with E-state index >= 15 is 0 Å². The molecule has 0 radical (unpaired) electrons. The normalized spacial score (nSPS) is 10.8. The van der Waals surface area contributed by atoms with Crippen molar-refractivity contribution in [3.63, 3.8) is 0 Å². The molecule has 0 saturated carbocycles. The third-order valence-corrected chi connectivity index (χ3v) is 4.89. The fourth-order valence-corrected chi connectivity index (χ4v) is 3.55. The standard InChI is InChI=1S/C18H11Cl2N7S/c19-13-5-14(20)7-15(6-13)27-18(28)16(9-22-27)17-23-24-25-26(17)10-12-3-1-11(8-21)2-4-12/h1-7,9,28H,10H2. The SMILES string of the molecule is N#Cc1ccc(Cn2nnnc2-c2cnn(-c3cc(Cl)cc(Cl)c3)c2S)cc1. The summed E-state index contributed by atoms with van der Waals surface area (Å²) in [5.74, 6) is 0.522. The van der Waals surface area contributed by atoms with Crippen LogP contribution in [-0.2, 0) is 6.54 Å². The third kappa shape index (κ3) is 3.60. The summed E-state index contributed by atoms with van der Waals surface area (Å²) >= 11 is 16.8. The van der Waals surface area contributed by atoms with Crippen LogP contribution in [-0.4, -0.2) is 30.0 Å². The molecule has 28 heavy (non-hydrogen) atoms. The van der Waals surface area contributed by atoms with Gasteiger partial charge in [0, 0.05) is 10.0 Å². The monoisotopic (exact) mass is 427 g/mol. The number of hydrogen-bond acceptors (Lipinski definition) is 6. The molecule has 0 bridgehead atoms. The highest BCUT2D eigenvalue weighted by molar-refractivity contribution is 7.80. The highest BCUT2D eigenvalue weighted by Crippen LogP contribution is 2.29. The highest BCUT2D eigenvalue weighted by atomic mass is 35.5. The highest BCUT2D eigenvalue weighted by Gasteiger charge is 2.18. The molecule has 0 aliphatic heterocycles. The maximum Gasteiger partial charge on any atom is 0.186 e. The molecule has 0 N–H and O–H groups in total. The van der Waals surface area contributed by atoms with Gasteiger partial charge in [-0.25, -0.2) is 9.36 Å². The van der Waals surface area contributed by atoms with Crippen LogP contribution in [0.1, 0.15) is 11.1 Å². The second kappa shape index (κ2) is 7.64. The number of aromatic nitrogens is 6. The van der Waals surface area contributed by atoms with Crippen molar-refractivity contribution in [2.75, 3.05) is 0 Å². The first-order chi connectivity index (χ1) is 13.5. The minimum Gasteiger partial charge on any atom is -0.227 e. The molecule has 0 aliphatic rings. The van der Waals surface area contributed by atoms with E-state index in [0.717, 1.165) is 5.56 Å². The Morgan fingerprint density at radius 2 is 1.79 bits per heavy atom. The molecule has 138 valence electrons. The Morgan fingerprint density at radius 1 is 1.07 bits per heavy atom. The molecule has 2 aromatic carbocycles. The zero-order valence-corrected chi connectivity index (χ0v) is 16.6. The maximum absolute atomic E-state index is 8.92. The molecular formula is C18H11Cl2N7S. The van der Waals surface area contributed by atoms with Crippen molar-refractivity contribution in [3.05, 3.63) is 69.8 Å². The number of thiol groups is 1. The van der Waals surface area contributed by atoms with Crippen molar-refractivity contribution in [2.45, 2.75) is 11.6 Å². The Hall–Kier alpha value is -2.86. The number of nitriles is 1. The largest absolute Gasteiger partial charge is 0.227 e. The lowest BCUT2D eigenvalue weighted by Crippen LogP contribution is -2.05. The van der Waals surface area contributed by atoms with Crippen molar-refractivity contribution in [2.24, 2.45) is 0 Å². The zero-order valence-electron chi connectivity index (χ0n) is 14.2. The van der Waals surface area contributed by atoms with Gasteiger partial charge in [0.25, 0.3) is 0 Å². The smallest absolute Gasteiger partial charge is 0.186 e. The summed E-state index contributed by atoms with van der Waals surface area (Å²) in [6.45, 7) is 0.440. The molecule has 4 rings (SSSR count). The number of tetrazole rings is 1. The summed E-state index contributed by atoms with van der Waals surface area (Å²) in [6, 6.07) is 14.5. The topological polar surface area (TPSA) is 85.2 Å². The van der Waals surface area contributed by atoms with Crippen molar-refractivity contribution < 1.29 is 0 Å². The van der Waals surface area contributed by atoms with Crippen LogP contribution in [0.5, 0.6) is 0 Å². The quantitative estimate of drug-likeness (QED) is 0.496. The van der Waals surface area contributed by atoms with E-state index in [9.17, 15) is 0 Å². The van der Waals surface area contributed by atoms with Gasteiger partial charge in [0.15, 0.2) is 5.82 Å². The summed E-state index contributed by atoms with van der Waals surface area (Å²) in [5, 5.41) is 26.8. The zero-order chi connectivity index (χ0) is 19.7. The van der Waals surface area contributed by atoms with Crippen LogP contribution in [0.4, 0.5) is 0 Å². The Kier molecular flexibility index (Phi) is 5.05. The maximum atomic E-state index is 8.92. The first-order valence-electron chi connectivity index (χ1n) is 8.04. The van der Waals surface area contributed by atoms with Crippen LogP contribution in [0.3, 0.4) is 0 Å². The van der Waals surface area contributed by atoms with Gasteiger partial charge in [0.2, 0.25) is 0 Å². The van der Waals surface area contributed by atoms with Crippen molar-refractivity contribution in [1.82, 2.24) is 30.0 Å². The molecule has 7 nitrogen and oxygen atoms in total. The van der Waals surface area contributed by atoms with E-state index in [1.165, 1.54) is 0 Å². The molecule has 0 atom stereocenters. The van der Waals surface area contributed by atoms with E-state index in [1.807, 2.05) is 12.1 Å². The molecule has 2 aromatic heterocycles. The molecular weight excluding hydrogens is 417 g/mol. The van der Waals surface area contributed by atoms with E-state index in [-0.39, 0.29) is 0 Å². The summed E-state index contributed by atoms with van der Waals surface area (Å²) in [5.41, 5.74) is 2.90. The van der Waals surface area contributed by atoms with Crippen LogP contribution < -0.4 is 0 Å². The number of benzene rings is 2. The predicted octanol–water partition coefficient (Wildman–Crippen LogP) is 4.04. The molecule has 0 amide bonds. The first kappa shape index (κ1) is 18.5. The summed E-state index contributed by atoms with van der Waals surface area (Å²) in [6.07, 6.45) is 1.64. The number of halogens is 2. The average molecular weight is 428 g/mol. The van der Waals surface area contributed by atoms with Gasteiger partial charge < -0.3 is 0 Å². The summed E-state index contributed by atoms with van der Waals surface area (Å²) < 4.78 is 3.25. The fraction of sp³-hybridized carbons (Fsp3) is 0.0556. The fourth-order valence-electron chi connectivity index (χ4n) is 2.71. The summed E-state index contributed by atoms with van der Waals surface area (Å²) in [7, 11) is 0. The first-order valence-corrected chi connectivity index (χ1v) is 9.24. The van der Waals surface area contributed by atoms with Crippen LogP contribution in [0.2, 0.25) is 10.0 Å². The van der Waals surface area contributed by atoms with E-state index in [1.54, 1.807) is 45.9 Å². The molecule has 2 heterocycles. The van der Waals surface area contributed by atoms with Crippen LogP contribution >= 0.6 is 35.8 Å². The van der Waals surface area contributed by atoms with Gasteiger partial charge in [-0.15, -0.1) is 17.7 Å². The minimum atomic E-state index is 0.440. The van der Waals surface area contributed by atoms with E-state index in [0.29, 0.717) is 44.3 Å². The van der Waals surface area contributed by atoms with Crippen LogP contribution in [0, 0.1) is 11.3 Å². The van der Waals surface area contributed by atoms with Crippen molar-refractivity contribution >= 4 is 35.8 Å². The van der Waals surface area contributed by atoms with Crippen LogP contribution in [0.15, 0.2) is 53.7 Å². The molecule has 0 fully saturated rings. The molecule has 0 unspecified atom stereocenters. The van der Waals surface area contributed by atoms with Gasteiger partial charge in [-0.3, -0.25) is 0 Å². The van der Waals surface area contributed by atoms with Gasteiger partial charge in [0.1, 0.15) is 5.03 Å². The van der Waals surface area contributed by atoms with E-state index in [2.05, 4.69) is 39.3 Å². The average Bonchev–Trinajstić information content (AvgIpc) is 3.27. The van der Waals surface area contributed by atoms with Gasteiger partial charge in [0.05, 0.1) is 35.6 Å². The number of rotatable bonds is 4. The Bertz CT molecular complexity index is 1170. The lowest BCUT2D eigenvalue weighted by atomic mass is 10.1. The van der Waals surface area contributed by atoms with E-state index in [4.69, 9.17) is 28.5 Å². The second-order valence-electron chi connectivity index (χ2n) is 5.89. The van der Waals surface area contributed by atoms with Crippen LogP contribution in [0.25, 0.3) is 17.1 Å². The lowest BCUT2D eigenvalue weighted by molar-refractivity contribution is 0.652. The minimum absolute atomic E-state index is 0.440. The summed E-state index contributed by atoms with van der Waals surface area (Å²) in [4.78, 5) is 0. The Balaban J connectivity index is 1.68. The van der Waals surface area contributed by atoms with Gasteiger partial charge in [-0.05, 0) is 46.3 Å². The second-order valence-corrected chi connectivity index (χ2v) is 7.19. The van der Waals surface area contributed by atoms with Gasteiger partial charge in [-0.2, -0.15) is 10.4 Å². The van der Waals surface area contributed by atoms with Crippen molar-refractivity contribution in [3.8, 4) is 23.1 Å². The molecule has 4 aromatic rings. The number of nitrogens with zero attached hydrogens (tertiary/aromatic N) is 7. The third-order valence-electron chi connectivity index (χ3n) is 4.02. The Labute approximate surface area is 175 Å². The predicted molar refractivity (Wildman–Crippen MR) is 108 cm³/mol. The molecule has 0 saturated heterocycles. The molecule has 0 spiro atoms. The van der Waals surface area contributed by atoms with E-state index < -0.39 is 0 Å². The van der Waals surface area contributed by atoms with Crippen molar-refractivity contribution in [1.29, 1.82) is 5.26 Å². The Morgan fingerprint density at radius 3 is 2.46 bits per heavy atom. The molecule has 10 heteroatoms. The molecule has 0 aliphatic carbocycles. The van der Waals surface area contributed by atoms with Gasteiger partial charge >= 0.3 is 0 Å².